The van der Waals surface area contributed by atoms with Crippen molar-refractivity contribution in [3.8, 4) is 11.5 Å². The van der Waals surface area contributed by atoms with Crippen LogP contribution in [0.2, 0.25) is 0 Å². The Bertz CT molecular complexity index is 610. The molecule has 0 atom stereocenters. The first kappa shape index (κ1) is 11.2. The Labute approximate surface area is 109 Å². The van der Waals surface area contributed by atoms with E-state index in [-0.39, 0.29) is 0 Å². The number of fused-ring (bicyclic) bond motifs is 2. The number of oxime groups is 1. The van der Waals surface area contributed by atoms with Crippen LogP contribution in [0.4, 0.5) is 0 Å². The van der Waals surface area contributed by atoms with E-state index in [0.29, 0.717) is 0 Å². The van der Waals surface area contributed by atoms with Gasteiger partial charge in [0.1, 0.15) is 18.6 Å². The summed E-state index contributed by atoms with van der Waals surface area (Å²) >= 11 is 1.70. The fourth-order valence-electron chi connectivity index (χ4n) is 1.74. The summed E-state index contributed by atoms with van der Waals surface area (Å²) in [7, 11) is 1.53. The van der Waals surface area contributed by atoms with E-state index in [1.807, 2.05) is 36.4 Å². The number of ether oxygens (including phenoxy) is 1. The minimum absolute atomic E-state index is 0.883. The summed E-state index contributed by atoms with van der Waals surface area (Å²) in [6.07, 6.45) is 1.68. The normalized spacial score (nSPS) is 12.7. The predicted octanol–water partition coefficient (Wildman–Crippen LogP) is 3.92. The van der Waals surface area contributed by atoms with Crippen LogP contribution in [-0.2, 0) is 4.84 Å². The van der Waals surface area contributed by atoms with Crippen molar-refractivity contribution in [2.75, 3.05) is 7.11 Å². The van der Waals surface area contributed by atoms with Crippen LogP contribution in [0.5, 0.6) is 11.5 Å². The first-order chi connectivity index (χ1) is 8.86. The molecule has 0 spiro atoms. The van der Waals surface area contributed by atoms with Gasteiger partial charge in [0, 0.05) is 0 Å². The Hall–Kier alpha value is -1.94. The van der Waals surface area contributed by atoms with Gasteiger partial charge in [0.25, 0.3) is 0 Å². The van der Waals surface area contributed by atoms with E-state index in [0.717, 1.165) is 26.9 Å². The third-order valence-electron chi connectivity index (χ3n) is 2.56. The maximum atomic E-state index is 5.84. The molecule has 90 valence electrons. The highest BCUT2D eigenvalue weighted by molar-refractivity contribution is 7.99. The molecule has 0 fully saturated rings. The molecule has 0 radical (unpaired) electrons. The molecule has 1 aliphatic heterocycles. The molecular formula is C14H11NO2S. The zero-order valence-electron chi connectivity index (χ0n) is 9.79. The van der Waals surface area contributed by atoms with Gasteiger partial charge in [-0.2, -0.15) is 0 Å². The first-order valence-electron chi connectivity index (χ1n) is 5.52. The molecule has 2 aromatic carbocycles. The Morgan fingerprint density at radius 1 is 1.11 bits per heavy atom. The van der Waals surface area contributed by atoms with E-state index in [9.17, 15) is 0 Å². The highest BCUT2D eigenvalue weighted by Gasteiger charge is 2.17. The molecule has 0 saturated heterocycles. The SMILES string of the molecule is CON=Cc1ccc2c(c1)Sc1ccccc1O2. The van der Waals surface area contributed by atoms with Gasteiger partial charge in [-0.05, 0) is 35.9 Å². The Morgan fingerprint density at radius 2 is 1.94 bits per heavy atom. The molecule has 3 nitrogen and oxygen atoms in total. The number of hydrogen-bond donors (Lipinski definition) is 0. The fourth-order valence-corrected chi connectivity index (χ4v) is 2.74. The van der Waals surface area contributed by atoms with Gasteiger partial charge in [-0.3, -0.25) is 0 Å². The van der Waals surface area contributed by atoms with Crippen molar-refractivity contribution < 1.29 is 9.57 Å². The highest BCUT2D eigenvalue weighted by Crippen LogP contribution is 2.46. The van der Waals surface area contributed by atoms with Gasteiger partial charge >= 0.3 is 0 Å². The lowest BCUT2D eigenvalue weighted by atomic mass is 10.2. The topological polar surface area (TPSA) is 30.8 Å². The minimum atomic E-state index is 0.883. The van der Waals surface area contributed by atoms with Crippen LogP contribution in [-0.4, -0.2) is 13.3 Å². The summed E-state index contributed by atoms with van der Waals surface area (Å²) < 4.78 is 5.84. The van der Waals surface area contributed by atoms with E-state index >= 15 is 0 Å². The first-order valence-corrected chi connectivity index (χ1v) is 6.34. The van der Waals surface area contributed by atoms with Crippen LogP contribution in [0.3, 0.4) is 0 Å². The van der Waals surface area contributed by atoms with E-state index in [1.54, 1.807) is 18.0 Å². The van der Waals surface area contributed by atoms with Crippen molar-refractivity contribution in [1.82, 2.24) is 0 Å². The molecule has 2 aromatic rings. The van der Waals surface area contributed by atoms with Crippen LogP contribution >= 0.6 is 11.8 Å². The van der Waals surface area contributed by atoms with E-state index < -0.39 is 0 Å². The smallest absolute Gasteiger partial charge is 0.141 e. The Balaban J connectivity index is 1.96. The zero-order chi connectivity index (χ0) is 12.4. The lowest BCUT2D eigenvalue weighted by Crippen LogP contribution is -1.95. The average Bonchev–Trinajstić information content (AvgIpc) is 2.42. The molecule has 0 bridgehead atoms. The molecule has 0 aromatic heterocycles. The van der Waals surface area contributed by atoms with Crippen LogP contribution in [0, 0.1) is 0 Å². The molecule has 3 rings (SSSR count). The lowest BCUT2D eigenvalue weighted by molar-refractivity contribution is 0.215. The number of hydrogen-bond acceptors (Lipinski definition) is 4. The van der Waals surface area contributed by atoms with Crippen molar-refractivity contribution in [3.05, 3.63) is 48.0 Å². The number of benzene rings is 2. The predicted molar refractivity (Wildman–Crippen MR) is 71.7 cm³/mol. The summed E-state index contributed by atoms with van der Waals surface area (Å²) in [4.78, 5) is 6.90. The number of rotatable bonds is 2. The van der Waals surface area contributed by atoms with Crippen molar-refractivity contribution >= 4 is 18.0 Å². The van der Waals surface area contributed by atoms with Crippen molar-refractivity contribution in [1.29, 1.82) is 0 Å². The number of para-hydroxylation sites is 1. The number of nitrogens with zero attached hydrogens (tertiary/aromatic N) is 1. The monoisotopic (exact) mass is 257 g/mol. The molecule has 0 N–H and O–H groups in total. The van der Waals surface area contributed by atoms with Crippen molar-refractivity contribution in [2.45, 2.75) is 9.79 Å². The molecular weight excluding hydrogens is 246 g/mol. The third kappa shape index (κ3) is 2.07. The fraction of sp³-hybridized carbons (Fsp3) is 0.0714. The average molecular weight is 257 g/mol. The van der Waals surface area contributed by atoms with E-state index in [1.165, 1.54) is 7.11 Å². The molecule has 18 heavy (non-hydrogen) atoms. The standard InChI is InChI=1S/C14H11NO2S/c1-16-15-9-10-6-7-12-14(8-10)18-13-5-3-2-4-11(13)17-12/h2-9H,1H3. The third-order valence-corrected chi connectivity index (χ3v) is 3.66. The summed E-state index contributed by atoms with van der Waals surface area (Å²) in [5, 5.41) is 3.76. The molecule has 1 heterocycles. The van der Waals surface area contributed by atoms with Crippen LogP contribution in [0.25, 0.3) is 0 Å². The second-order valence-electron chi connectivity index (χ2n) is 3.77. The van der Waals surface area contributed by atoms with Crippen LogP contribution in [0.1, 0.15) is 5.56 Å². The minimum Gasteiger partial charge on any atom is -0.455 e. The summed E-state index contributed by atoms with van der Waals surface area (Å²) in [6.45, 7) is 0. The molecule has 1 aliphatic rings. The largest absolute Gasteiger partial charge is 0.455 e. The molecule has 0 aliphatic carbocycles. The van der Waals surface area contributed by atoms with Gasteiger partial charge in [-0.15, -0.1) is 0 Å². The van der Waals surface area contributed by atoms with Gasteiger partial charge in [0.05, 0.1) is 16.0 Å². The molecule has 0 unspecified atom stereocenters. The maximum Gasteiger partial charge on any atom is 0.141 e. The quantitative estimate of drug-likeness (QED) is 0.515. The van der Waals surface area contributed by atoms with Gasteiger partial charge in [0.2, 0.25) is 0 Å². The zero-order valence-corrected chi connectivity index (χ0v) is 10.6. The van der Waals surface area contributed by atoms with Gasteiger partial charge in [0.15, 0.2) is 0 Å². The van der Waals surface area contributed by atoms with Crippen LogP contribution in [0.15, 0.2) is 57.4 Å². The summed E-state index contributed by atoms with van der Waals surface area (Å²) in [6, 6.07) is 14.0. The van der Waals surface area contributed by atoms with Crippen LogP contribution < -0.4 is 4.74 Å². The Kier molecular flexibility index (Phi) is 2.94. The lowest BCUT2D eigenvalue weighted by Gasteiger charge is -2.19. The molecule has 0 saturated carbocycles. The van der Waals surface area contributed by atoms with Crippen molar-refractivity contribution in [2.24, 2.45) is 5.16 Å². The van der Waals surface area contributed by atoms with E-state index in [2.05, 4.69) is 16.1 Å². The van der Waals surface area contributed by atoms with Gasteiger partial charge < -0.3 is 9.57 Å². The summed E-state index contributed by atoms with van der Waals surface area (Å²) in [5.74, 6) is 1.79. The summed E-state index contributed by atoms with van der Waals surface area (Å²) in [5.41, 5.74) is 0.992. The Morgan fingerprint density at radius 3 is 2.83 bits per heavy atom. The second-order valence-corrected chi connectivity index (χ2v) is 4.86. The maximum absolute atomic E-state index is 5.84. The van der Waals surface area contributed by atoms with Gasteiger partial charge in [-0.1, -0.05) is 29.1 Å². The highest BCUT2D eigenvalue weighted by atomic mass is 32.2. The van der Waals surface area contributed by atoms with E-state index in [4.69, 9.17) is 4.74 Å². The molecule has 4 heteroatoms. The van der Waals surface area contributed by atoms with Crippen molar-refractivity contribution in [3.63, 3.8) is 0 Å². The van der Waals surface area contributed by atoms with Gasteiger partial charge in [-0.25, -0.2) is 0 Å². The molecule has 0 amide bonds. The second kappa shape index (κ2) is 4.74.